The third-order valence-electron chi connectivity index (χ3n) is 4.65. The second-order valence-corrected chi connectivity index (χ2v) is 6.30. The Hall–Kier alpha value is -0.160. The summed E-state index contributed by atoms with van der Waals surface area (Å²) in [5, 5.41) is 0. The molecule has 0 unspecified atom stereocenters. The van der Waals surface area contributed by atoms with Crippen LogP contribution in [0.3, 0.4) is 0 Å². The van der Waals surface area contributed by atoms with Crippen molar-refractivity contribution in [2.24, 2.45) is 5.92 Å². The molecule has 0 atom stereocenters. The summed E-state index contributed by atoms with van der Waals surface area (Å²) in [7, 11) is 4.46. The summed E-state index contributed by atoms with van der Waals surface area (Å²) in [6, 6.07) is 0.863. The lowest BCUT2D eigenvalue weighted by molar-refractivity contribution is -0.0142. The lowest BCUT2D eigenvalue weighted by atomic mass is 9.97. The fourth-order valence-electron chi connectivity index (χ4n) is 3.42. The summed E-state index contributed by atoms with van der Waals surface area (Å²) in [5.74, 6) is 0.952. The van der Waals surface area contributed by atoms with E-state index < -0.39 is 0 Å². The third kappa shape index (κ3) is 2.65. The number of nitrogens with zero attached hydrogens (tertiary/aromatic N) is 4. The summed E-state index contributed by atoms with van der Waals surface area (Å²) in [6.07, 6.45) is 0. The first-order chi connectivity index (χ1) is 8.20. The number of piperazine rings is 1. The van der Waals surface area contributed by atoms with Crippen LogP contribution in [0, 0.1) is 5.92 Å². The Bertz CT molecular complexity index is 250. The molecule has 0 saturated carbocycles. The molecular formula is C13H26N4. The van der Waals surface area contributed by atoms with Gasteiger partial charge in [-0.05, 0) is 20.0 Å². The molecule has 3 heterocycles. The van der Waals surface area contributed by atoms with E-state index >= 15 is 0 Å². The van der Waals surface area contributed by atoms with Crippen LogP contribution in [0.1, 0.15) is 0 Å². The molecule has 4 nitrogen and oxygen atoms in total. The predicted molar refractivity (Wildman–Crippen MR) is 70.3 cm³/mol. The van der Waals surface area contributed by atoms with Gasteiger partial charge in [-0.25, -0.2) is 0 Å². The highest BCUT2D eigenvalue weighted by Gasteiger charge is 2.35. The van der Waals surface area contributed by atoms with E-state index in [-0.39, 0.29) is 0 Å². The van der Waals surface area contributed by atoms with Gasteiger partial charge in [-0.3, -0.25) is 9.80 Å². The summed E-state index contributed by atoms with van der Waals surface area (Å²) in [4.78, 5) is 10.2. The largest absolute Gasteiger partial charge is 0.306 e. The minimum absolute atomic E-state index is 0.863. The van der Waals surface area contributed by atoms with Crippen LogP contribution in [0.4, 0.5) is 0 Å². The molecule has 3 aliphatic heterocycles. The number of likely N-dealkylation sites (tertiary alicyclic amines) is 2. The van der Waals surface area contributed by atoms with E-state index in [1.807, 2.05) is 0 Å². The maximum absolute atomic E-state index is 2.70. The zero-order chi connectivity index (χ0) is 11.8. The molecule has 3 aliphatic rings. The van der Waals surface area contributed by atoms with E-state index in [2.05, 4.69) is 33.7 Å². The molecular weight excluding hydrogens is 212 g/mol. The highest BCUT2D eigenvalue weighted by atomic mass is 15.3. The SMILES string of the molecule is CN1CCN(C2CN(CC3CN(C)C3)C2)CC1. The van der Waals surface area contributed by atoms with Gasteiger partial charge < -0.3 is 9.80 Å². The van der Waals surface area contributed by atoms with Gasteiger partial charge in [-0.1, -0.05) is 0 Å². The Labute approximate surface area is 105 Å². The van der Waals surface area contributed by atoms with Crippen molar-refractivity contribution in [1.82, 2.24) is 19.6 Å². The van der Waals surface area contributed by atoms with E-state index in [1.165, 1.54) is 58.9 Å². The van der Waals surface area contributed by atoms with Crippen LogP contribution < -0.4 is 0 Å². The molecule has 0 bridgehead atoms. The molecule has 98 valence electrons. The van der Waals surface area contributed by atoms with Crippen molar-refractivity contribution >= 4 is 0 Å². The zero-order valence-electron chi connectivity index (χ0n) is 11.3. The van der Waals surface area contributed by atoms with Gasteiger partial charge in [-0.15, -0.1) is 0 Å². The molecule has 0 radical (unpaired) electrons. The molecule has 0 aromatic carbocycles. The summed E-state index contributed by atoms with van der Waals surface area (Å²) in [5.41, 5.74) is 0. The number of likely N-dealkylation sites (N-methyl/N-ethyl adjacent to an activating group) is 1. The van der Waals surface area contributed by atoms with Crippen molar-refractivity contribution in [2.45, 2.75) is 6.04 Å². The summed E-state index contributed by atoms with van der Waals surface area (Å²) < 4.78 is 0. The normalized spacial score (nSPS) is 31.4. The molecule has 4 heteroatoms. The van der Waals surface area contributed by atoms with E-state index in [0.717, 1.165) is 12.0 Å². The van der Waals surface area contributed by atoms with E-state index in [4.69, 9.17) is 0 Å². The monoisotopic (exact) mass is 238 g/mol. The van der Waals surface area contributed by atoms with Crippen LogP contribution in [0.5, 0.6) is 0 Å². The van der Waals surface area contributed by atoms with Crippen molar-refractivity contribution in [1.29, 1.82) is 0 Å². The highest BCUT2D eigenvalue weighted by Crippen LogP contribution is 2.21. The Morgan fingerprint density at radius 3 is 2.06 bits per heavy atom. The lowest BCUT2D eigenvalue weighted by Crippen LogP contribution is -2.64. The van der Waals surface area contributed by atoms with Crippen LogP contribution in [-0.2, 0) is 0 Å². The zero-order valence-corrected chi connectivity index (χ0v) is 11.3. The maximum atomic E-state index is 2.70. The van der Waals surface area contributed by atoms with Gasteiger partial charge in [-0.2, -0.15) is 0 Å². The summed E-state index contributed by atoms with van der Waals surface area (Å²) in [6.45, 7) is 11.7. The lowest BCUT2D eigenvalue weighted by Gasteiger charge is -2.50. The second-order valence-electron chi connectivity index (χ2n) is 6.30. The third-order valence-corrected chi connectivity index (χ3v) is 4.65. The van der Waals surface area contributed by atoms with Crippen LogP contribution in [0.15, 0.2) is 0 Å². The molecule has 3 fully saturated rings. The Balaban J connectivity index is 1.34. The highest BCUT2D eigenvalue weighted by molar-refractivity contribution is 4.92. The smallest absolute Gasteiger partial charge is 0.0351 e. The first kappa shape index (κ1) is 11.9. The fourth-order valence-corrected chi connectivity index (χ4v) is 3.42. The van der Waals surface area contributed by atoms with E-state index in [9.17, 15) is 0 Å². The average molecular weight is 238 g/mol. The molecule has 0 spiro atoms. The molecule has 3 rings (SSSR count). The van der Waals surface area contributed by atoms with Gasteiger partial charge in [0.05, 0.1) is 0 Å². The standard InChI is InChI=1S/C13H26N4/c1-14-3-5-17(6-4-14)13-10-16(11-13)9-12-7-15(2)8-12/h12-13H,3-11H2,1-2H3. The first-order valence-electron chi connectivity index (χ1n) is 7.04. The predicted octanol–water partition coefficient (Wildman–Crippen LogP) is -0.520. The number of hydrogen-bond acceptors (Lipinski definition) is 4. The average Bonchev–Trinajstić information content (AvgIpc) is 2.21. The van der Waals surface area contributed by atoms with Gasteiger partial charge in [0, 0.05) is 64.9 Å². The van der Waals surface area contributed by atoms with Crippen molar-refractivity contribution in [3.63, 3.8) is 0 Å². The Kier molecular flexibility index (Phi) is 3.39. The van der Waals surface area contributed by atoms with Crippen molar-refractivity contribution < 1.29 is 0 Å². The molecule has 0 aliphatic carbocycles. The van der Waals surface area contributed by atoms with Crippen molar-refractivity contribution in [2.75, 3.05) is 73.0 Å². The van der Waals surface area contributed by atoms with E-state index in [0.29, 0.717) is 0 Å². The van der Waals surface area contributed by atoms with Crippen LogP contribution >= 0.6 is 0 Å². The molecule has 0 amide bonds. The van der Waals surface area contributed by atoms with E-state index in [1.54, 1.807) is 0 Å². The van der Waals surface area contributed by atoms with Crippen molar-refractivity contribution in [3.05, 3.63) is 0 Å². The van der Waals surface area contributed by atoms with Crippen LogP contribution in [0.25, 0.3) is 0 Å². The summed E-state index contributed by atoms with van der Waals surface area (Å²) >= 11 is 0. The topological polar surface area (TPSA) is 13.0 Å². The maximum Gasteiger partial charge on any atom is 0.0351 e. The molecule has 0 aromatic rings. The van der Waals surface area contributed by atoms with Crippen LogP contribution in [-0.4, -0.2) is 98.6 Å². The number of hydrogen-bond donors (Lipinski definition) is 0. The van der Waals surface area contributed by atoms with Gasteiger partial charge in [0.25, 0.3) is 0 Å². The Morgan fingerprint density at radius 1 is 0.824 bits per heavy atom. The quantitative estimate of drug-likeness (QED) is 0.656. The van der Waals surface area contributed by atoms with Crippen molar-refractivity contribution in [3.8, 4) is 0 Å². The second kappa shape index (κ2) is 4.84. The Morgan fingerprint density at radius 2 is 1.47 bits per heavy atom. The molecule has 0 N–H and O–H groups in total. The molecule has 3 saturated heterocycles. The fraction of sp³-hybridized carbons (Fsp3) is 1.00. The van der Waals surface area contributed by atoms with Gasteiger partial charge >= 0.3 is 0 Å². The van der Waals surface area contributed by atoms with Gasteiger partial charge in [0.2, 0.25) is 0 Å². The number of rotatable bonds is 3. The van der Waals surface area contributed by atoms with Gasteiger partial charge in [0.1, 0.15) is 0 Å². The van der Waals surface area contributed by atoms with Gasteiger partial charge in [0.15, 0.2) is 0 Å². The molecule has 0 aromatic heterocycles. The minimum atomic E-state index is 0.863. The first-order valence-corrected chi connectivity index (χ1v) is 7.04. The van der Waals surface area contributed by atoms with Crippen LogP contribution in [0.2, 0.25) is 0 Å². The minimum Gasteiger partial charge on any atom is -0.306 e. The molecule has 17 heavy (non-hydrogen) atoms.